The summed E-state index contributed by atoms with van der Waals surface area (Å²) >= 11 is 5.90. The molecule has 0 bridgehead atoms. The van der Waals surface area contributed by atoms with Crippen molar-refractivity contribution in [2.24, 2.45) is 0 Å². The number of carbonyl (C=O) groups excluding carboxylic acids is 1. The van der Waals surface area contributed by atoms with E-state index in [1.165, 1.54) is 24.0 Å². The van der Waals surface area contributed by atoms with Crippen LogP contribution < -0.4 is 0 Å². The van der Waals surface area contributed by atoms with Gasteiger partial charge >= 0.3 is 0 Å². The molecule has 1 aromatic rings. The molecule has 0 aliphatic heterocycles. The van der Waals surface area contributed by atoms with E-state index >= 15 is 0 Å². The number of aryl methyl sites for hydroxylation is 1. The summed E-state index contributed by atoms with van der Waals surface area (Å²) in [5.41, 5.74) is 3.26. The van der Waals surface area contributed by atoms with Crippen LogP contribution in [0.2, 0.25) is 5.02 Å². The van der Waals surface area contributed by atoms with Gasteiger partial charge in [-0.15, -0.1) is 0 Å². The first-order valence-electron chi connectivity index (χ1n) is 4.58. The fraction of sp³-hybridized carbons (Fsp3) is 0.364. The van der Waals surface area contributed by atoms with Gasteiger partial charge in [-0.2, -0.15) is 0 Å². The van der Waals surface area contributed by atoms with Gasteiger partial charge in [0.15, 0.2) is 0 Å². The van der Waals surface area contributed by atoms with Crippen LogP contribution in [-0.2, 0) is 12.8 Å². The Morgan fingerprint density at radius 1 is 1.23 bits per heavy atom. The molecule has 0 N–H and O–H groups in total. The number of halogens is 1. The van der Waals surface area contributed by atoms with E-state index < -0.39 is 0 Å². The molecule has 2 heteroatoms. The van der Waals surface area contributed by atoms with Crippen molar-refractivity contribution < 1.29 is 4.79 Å². The second kappa shape index (κ2) is 3.51. The number of hydrogen-bond acceptors (Lipinski definition) is 1. The minimum Gasteiger partial charge on any atom is -0.298 e. The lowest BCUT2D eigenvalue weighted by Crippen LogP contribution is -2.05. The van der Waals surface area contributed by atoms with Crippen LogP contribution in [0.15, 0.2) is 12.1 Å². The molecule has 0 radical (unpaired) electrons. The molecule has 1 aliphatic rings. The fourth-order valence-corrected chi connectivity index (χ4v) is 2.22. The van der Waals surface area contributed by atoms with Crippen molar-refractivity contribution in [2.45, 2.75) is 25.7 Å². The normalized spacial score (nSPS) is 15.2. The molecule has 13 heavy (non-hydrogen) atoms. The monoisotopic (exact) mass is 194 g/mol. The maximum Gasteiger partial charge on any atom is 0.150 e. The number of carbonyl (C=O) groups is 1. The number of fused-ring (bicyclic) bond motifs is 1. The van der Waals surface area contributed by atoms with E-state index in [2.05, 4.69) is 0 Å². The molecule has 0 spiro atoms. The molecule has 0 saturated carbocycles. The topological polar surface area (TPSA) is 17.1 Å². The Labute approximate surface area is 82.7 Å². The summed E-state index contributed by atoms with van der Waals surface area (Å²) in [4.78, 5) is 10.8. The van der Waals surface area contributed by atoms with E-state index in [4.69, 9.17) is 11.6 Å². The van der Waals surface area contributed by atoms with Gasteiger partial charge in [-0.1, -0.05) is 11.6 Å². The molecule has 68 valence electrons. The molecule has 1 aliphatic carbocycles. The molecule has 0 saturated heterocycles. The molecule has 1 aromatic carbocycles. The minimum atomic E-state index is 0.683. The van der Waals surface area contributed by atoms with Gasteiger partial charge < -0.3 is 0 Å². The van der Waals surface area contributed by atoms with Crippen LogP contribution >= 0.6 is 11.6 Å². The lowest BCUT2D eigenvalue weighted by atomic mass is 9.89. The third-order valence-corrected chi connectivity index (χ3v) is 2.81. The number of benzene rings is 1. The highest BCUT2D eigenvalue weighted by Crippen LogP contribution is 2.27. The third-order valence-electron chi connectivity index (χ3n) is 2.59. The van der Waals surface area contributed by atoms with Gasteiger partial charge in [-0.05, 0) is 48.9 Å². The second-order valence-corrected chi connectivity index (χ2v) is 3.89. The predicted molar refractivity (Wildman–Crippen MR) is 53.5 cm³/mol. The Hall–Kier alpha value is -0.820. The molecular weight excluding hydrogens is 184 g/mol. The first-order chi connectivity index (χ1) is 6.31. The Kier molecular flexibility index (Phi) is 2.36. The lowest BCUT2D eigenvalue weighted by molar-refractivity contribution is 0.112. The molecule has 0 amide bonds. The molecule has 1 nitrogen and oxygen atoms in total. The Morgan fingerprint density at radius 3 is 2.77 bits per heavy atom. The van der Waals surface area contributed by atoms with E-state index in [-0.39, 0.29) is 0 Å². The number of rotatable bonds is 1. The van der Waals surface area contributed by atoms with E-state index in [1.54, 1.807) is 6.07 Å². The maximum absolute atomic E-state index is 10.8. The van der Waals surface area contributed by atoms with Crippen molar-refractivity contribution in [3.05, 3.63) is 33.8 Å². The van der Waals surface area contributed by atoms with E-state index in [0.717, 1.165) is 24.7 Å². The standard InChI is InChI=1S/C11H11ClO/c12-10-5-8-3-1-2-4-11(8)9(6-10)7-13/h5-7H,1-4H2. The Morgan fingerprint density at radius 2 is 2.00 bits per heavy atom. The Bertz CT molecular complexity index is 344. The van der Waals surface area contributed by atoms with Gasteiger partial charge in [0, 0.05) is 10.6 Å². The third kappa shape index (κ3) is 1.61. The van der Waals surface area contributed by atoms with Crippen LogP contribution in [0.3, 0.4) is 0 Å². The summed E-state index contributed by atoms with van der Waals surface area (Å²) in [5, 5.41) is 0.683. The van der Waals surface area contributed by atoms with E-state index in [1.807, 2.05) is 6.07 Å². The van der Waals surface area contributed by atoms with Crippen LogP contribution in [0, 0.1) is 0 Å². The summed E-state index contributed by atoms with van der Waals surface area (Å²) in [6, 6.07) is 3.75. The molecule has 0 atom stereocenters. The minimum absolute atomic E-state index is 0.683. The van der Waals surface area contributed by atoms with E-state index in [0.29, 0.717) is 5.02 Å². The molecule has 0 fully saturated rings. The quantitative estimate of drug-likeness (QED) is 0.628. The first-order valence-corrected chi connectivity index (χ1v) is 4.95. The number of hydrogen-bond donors (Lipinski definition) is 0. The lowest BCUT2D eigenvalue weighted by Gasteiger charge is -2.17. The second-order valence-electron chi connectivity index (χ2n) is 3.46. The van der Waals surface area contributed by atoms with Crippen LogP contribution in [0.4, 0.5) is 0 Å². The van der Waals surface area contributed by atoms with Gasteiger partial charge in [0.1, 0.15) is 6.29 Å². The van der Waals surface area contributed by atoms with Gasteiger partial charge in [0.05, 0.1) is 0 Å². The maximum atomic E-state index is 10.8. The first kappa shape index (κ1) is 8.76. The van der Waals surface area contributed by atoms with Gasteiger partial charge in [0.2, 0.25) is 0 Å². The smallest absolute Gasteiger partial charge is 0.150 e. The predicted octanol–water partition coefficient (Wildman–Crippen LogP) is 3.03. The van der Waals surface area contributed by atoms with Crippen LogP contribution in [0.5, 0.6) is 0 Å². The molecular formula is C11H11ClO. The molecule has 0 unspecified atom stereocenters. The summed E-state index contributed by atoms with van der Waals surface area (Å²) in [5.74, 6) is 0. The zero-order chi connectivity index (χ0) is 9.26. The SMILES string of the molecule is O=Cc1cc(Cl)cc2c1CCCC2. The average Bonchev–Trinajstić information content (AvgIpc) is 2.16. The summed E-state index contributed by atoms with van der Waals surface area (Å²) < 4.78 is 0. The van der Waals surface area contributed by atoms with E-state index in [9.17, 15) is 4.79 Å². The van der Waals surface area contributed by atoms with Crippen molar-refractivity contribution in [1.82, 2.24) is 0 Å². The Balaban J connectivity index is 2.56. The van der Waals surface area contributed by atoms with Crippen molar-refractivity contribution in [2.75, 3.05) is 0 Å². The zero-order valence-corrected chi connectivity index (χ0v) is 8.10. The fourth-order valence-electron chi connectivity index (χ4n) is 1.97. The highest BCUT2D eigenvalue weighted by molar-refractivity contribution is 6.31. The van der Waals surface area contributed by atoms with Crippen molar-refractivity contribution in [3.8, 4) is 0 Å². The number of aldehydes is 1. The van der Waals surface area contributed by atoms with Gasteiger partial charge in [-0.3, -0.25) is 4.79 Å². The van der Waals surface area contributed by atoms with Crippen molar-refractivity contribution in [1.29, 1.82) is 0 Å². The van der Waals surface area contributed by atoms with Gasteiger partial charge in [-0.25, -0.2) is 0 Å². The van der Waals surface area contributed by atoms with Crippen LogP contribution in [0.25, 0.3) is 0 Å². The van der Waals surface area contributed by atoms with Crippen molar-refractivity contribution in [3.63, 3.8) is 0 Å². The zero-order valence-electron chi connectivity index (χ0n) is 7.35. The highest BCUT2D eigenvalue weighted by Gasteiger charge is 2.13. The van der Waals surface area contributed by atoms with Gasteiger partial charge in [0.25, 0.3) is 0 Å². The highest BCUT2D eigenvalue weighted by atomic mass is 35.5. The largest absolute Gasteiger partial charge is 0.298 e. The summed E-state index contributed by atoms with van der Waals surface area (Å²) in [6.45, 7) is 0. The molecule has 2 rings (SSSR count). The molecule has 0 aromatic heterocycles. The summed E-state index contributed by atoms with van der Waals surface area (Å²) in [6.07, 6.45) is 5.41. The molecule has 0 heterocycles. The van der Waals surface area contributed by atoms with Crippen LogP contribution in [0.1, 0.15) is 34.3 Å². The average molecular weight is 195 g/mol. The summed E-state index contributed by atoms with van der Waals surface area (Å²) in [7, 11) is 0. The van der Waals surface area contributed by atoms with Crippen LogP contribution in [-0.4, -0.2) is 6.29 Å². The van der Waals surface area contributed by atoms with Crippen molar-refractivity contribution >= 4 is 17.9 Å².